The van der Waals surface area contributed by atoms with E-state index < -0.39 is 10.1 Å². The maximum Gasteiger partial charge on any atom is 0.295 e. The van der Waals surface area contributed by atoms with Crippen molar-refractivity contribution in [1.82, 2.24) is 10.4 Å². The number of nitrogens with zero attached hydrogens (tertiary/aromatic N) is 2. The first-order valence-corrected chi connectivity index (χ1v) is 7.79. The summed E-state index contributed by atoms with van der Waals surface area (Å²) in [5.74, 6) is 0. The molecule has 0 unspecified atom stereocenters. The summed E-state index contributed by atoms with van der Waals surface area (Å²) in [7, 11) is -4.33. The number of hydrogen-bond acceptors (Lipinski definition) is 5. The lowest BCUT2D eigenvalue weighted by Crippen LogP contribution is -2.12. The molecule has 2 aromatic carbocycles. The highest BCUT2D eigenvalue weighted by atomic mass is 32.2. The van der Waals surface area contributed by atoms with Crippen LogP contribution >= 0.6 is 0 Å². The van der Waals surface area contributed by atoms with Crippen LogP contribution in [0.4, 0.5) is 0 Å². The second-order valence-electron chi connectivity index (χ2n) is 5.95. The minimum atomic E-state index is -4.33. The molecule has 110 valence electrons. The van der Waals surface area contributed by atoms with Gasteiger partial charge in [0.15, 0.2) is 5.58 Å². The molecule has 0 amide bonds. The third-order valence-corrected chi connectivity index (χ3v) is 4.34. The van der Waals surface area contributed by atoms with E-state index in [1.165, 1.54) is 6.07 Å². The van der Waals surface area contributed by atoms with Crippen LogP contribution in [0, 0.1) is 0 Å². The van der Waals surface area contributed by atoms with E-state index >= 15 is 0 Å². The van der Waals surface area contributed by atoms with Gasteiger partial charge in [-0.3, -0.25) is 4.55 Å². The van der Waals surface area contributed by atoms with Crippen LogP contribution in [0.2, 0.25) is 0 Å². The van der Waals surface area contributed by atoms with Gasteiger partial charge in [0.2, 0.25) is 0 Å². The first kappa shape index (κ1) is 14.0. The molecule has 21 heavy (non-hydrogen) atoms. The third kappa shape index (κ3) is 2.18. The molecule has 3 rings (SSSR count). The summed E-state index contributed by atoms with van der Waals surface area (Å²) < 4.78 is 37.8. The molecule has 1 aromatic heterocycles. The van der Waals surface area contributed by atoms with E-state index in [-0.39, 0.29) is 10.3 Å². The zero-order valence-electron chi connectivity index (χ0n) is 11.8. The lowest BCUT2D eigenvalue weighted by molar-refractivity contribution is 0.426. The molecule has 0 bridgehead atoms. The van der Waals surface area contributed by atoms with E-state index in [2.05, 4.69) is 10.4 Å². The van der Waals surface area contributed by atoms with Crippen molar-refractivity contribution < 1.29 is 17.5 Å². The lowest BCUT2D eigenvalue weighted by atomic mass is 9.85. The largest absolute Gasteiger partial charge is 0.336 e. The molecule has 0 spiro atoms. The van der Waals surface area contributed by atoms with Crippen LogP contribution in [0.15, 0.2) is 33.7 Å². The van der Waals surface area contributed by atoms with Crippen molar-refractivity contribution in [3.05, 3.63) is 29.8 Å². The Morgan fingerprint density at radius 2 is 1.90 bits per heavy atom. The van der Waals surface area contributed by atoms with Gasteiger partial charge in [0.1, 0.15) is 10.4 Å². The molecule has 6 nitrogen and oxygen atoms in total. The number of rotatable bonds is 1. The Bertz CT molecular complexity index is 952. The molecule has 3 aromatic rings. The molecular weight excluding hydrogens is 292 g/mol. The van der Waals surface area contributed by atoms with E-state index in [1.54, 1.807) is 18.2 Å². The molecule has 0 aliphatic rings. The van der Waals surface area contributed by atoms with Crippen molar-refractivity contribution in [3.63, 3.8) is 0 Å². The fourth-order valence-electron chi connectivity index (χ4n) is 2.44. The van der Waals surface area contributed by atoms with Gasteiger partial charge in [0.25, 0.3) is 10.1 Å². The van der Waals surface area contributed by atoms with E-state index in [4.69, 9.17) is 4.52 Å². The first-order valence-electron chi connectivity index (χ1n) is 6.35. The average molecular weight is 306 g/mol. The van der Waals surface area contributed by atoms with Gasteiger partial charge in [-0.05, 0) is 23.1 Å². The monoisotopic (exact) mass is 306 g/mol. The Balaban J connectivity index is 2.58. The quantitative estimate of drug-likeness (QED) is 0.695. The molecule has 0 saturated heterocycles. The Hall–Kier alpha value is -1.99. The molecule has 1 N–H and O–H groups in total. The Morgan fingerprint density at radius 1 is 1.19 bits per heavy atom. The zero-order chi connectivity index (χ0) is 15.4. The van der Waals surface area contributed by atoms with Crippen molar-refractivity contribution in [2.75, 3.05) is 0 Å². The van der Waals surface area contributed by atoms with Crippen LogP contribution in [0.1, 0.15) is 26.3 Å². The molecule has 0 aliphatic heterocycles. The lowest BCUT2D eigenvalue weighted by Gasteiger charge is -2.20. The topological polar surface area (TPSA) is 93.3 Å². The van der Waals surface area contributed by atoms with E-state index in [1.807, 2.05) is 20.8 Å². The SMILES string of the molecule is CC(C)(C)c1cc2c(S(=O)(=O)O)cccc2c2onnc12. The average Bonchev–Trinajstić information content (AvgIpc) is 2.83. The van der Waals surface area contributed by atoms with Gasteiger partial charge in [-0.1, -0.05) is 32.9 Å². The Morgan fingerprint density at radius 3 is 2.52 bits per heavy atom. The number of hydrogen-bond donors (Lipinski definition) is 1. The molecule has 0 aliphatic carbocycles. The van der Waals surface area contributed by atoms with Gasteiger partial charge in [0, 0.05) is 16.0 Å². The van der Waals surface area contributed by atoms with Gasteiger partial charge < -0.3 is 4.52 Å². The van der Waals surface area contributed by atoms with Crippen LogP contribution in [-0.2, 0) is 15.5 Å². The number of aromatic nitrogens is 2. The second-order valence-corrected chi connectivity index (χ2v) is 7.34. The van der Waals surface area contributed by atoms with Gasteiger partial charge in [-0.2, -0.15) is 8.42 Å². The van der Waals surface area contributed by atoms with Crippen LogP contribution in [-0.4, -0.2) is 23.3 Å². The second kappa shape index (κ2) is 4.25. The molecular formula is C14H14N2O4S. The molecule has 0 radical (unpaired) electrons. The van der Waals surface area contributed by atoms with Crippen molar-refractivity contribution in [2.45, 2.75) is 31.1 Å². The summed E-state index contributed by atoms with van der Waals surface area (Å²) in [4.78, 5) is -0.149. The normalized spacial score (nSPS) is 13.1. The fraction of sp³-hybridized carbons (Fsp3) is 0.286. The number of fused-ring (bicyclic) bond motifs is 3. The van der Waals surface area contributed by atoms with E-state index in [0.29, 0.717) is 21.9 Å². The smallest absolute Gasteiger partial charge is 0.295 e. The van der Waals surface area contributed by atoms with Gasteiger partial charge in [-0.25, -0.2) is 0 Å². The highest BCUT2D eigenvalue weighted by Crippen LogP contribution is 2.36. The highest BCUT2D eigenvalue weighted by Gasteiger charge is 2.24. The van der Waals surface area contributed by atoms with Crippen LogP contribution in [0.3, 0.4) is 0 Å². The predicted octanol–water partition coefficient (Wildman–Crippen LogP) is 2.92. The van der Waals surface area contributed by atoms with Crippen molar-refractivity contribution in [1.29, 1.82) is 0 Å². The van der Waals surface area contributed by atoms with E-state index in [9.17, 15) is 13.0 Å². The minimum absolute atomic E-state index is 0.149. The van der Waals surface area contributed by atoms with Crippen molar-refractivity contribution in [2.24, 2.45) is 0 Å². The summed E-state index contributed by atoms with van der Waals surface area (Å²) in [6.45, 7) is 5.95. The van der Waals surface area contributed by atoms with Crippen LogP contribution < -0.4 is 0 Å². The summed E-state index contributed by atoms with van der Waals surface area (Å²) in [6, 6.07) is 6.35. The molecule has 0 atom stereocenters. The molecule has 7 heteroatoms. The predicted molar refractivity (Wildman–Crippen MR) is 77.8 cm³/mol. The molecule has 0 saturated carbocycles. The van der Waals surface area contributed by atoms with Gasteiger partial charge in [0.05, 0.1) is 0 Å². The third-order valence-electron chi connectivity index (χ3n) is 3.43. The van der Waals surface area contributed by atoms with Crippen LogP contribution in [0.5, 0.6) is 0 Å². The zero-order valence-corrected chi connectivity index (χ0v) is 12.6. The highest BCUT2D eigenvalue weighted by molar-refractivity contribution is 7.86. The Kier molecular flexibility index (Phi) is 2.83. The molecule has 1 heterocycles. The first-order chi connectivity index (χ1) is 9.69. The fourth-order valence-corrected chi connectivity index (χ4v) is 3.14. The Labute approximate surface area is 121 Å². The van der Waals surface area contributed by atoms with Gasteiger partial charge >= 0.3 is 0 Å². The summed E-state index contributed by atoms with van der Waals surface area (Å²) in [6.07, 6.45) is 0. The summed E-state index contributed by atoms with van der Waals surface area (Å²) >= 11 is 0. The number of benzene rings is 2. The summed E-state index contributed by atoms with van der Waals surface area (Å²) in [5, 5.41) is 8.53. The van der Waals surface area contributed by atoms with Crippen LogP contribution in [0.25, 0.3) is 21.9 Å². The van der Waals surface area contributed by atoms with Crippen molar-refractivity contribution in [3.8, 4) is 0 Å². The van der Waals surface area contributed by atoms with E-state index in [0.717, 1.165) is 5.56 Å². The maximum absolute atomic E-state index is 11.6. The van der Waals surface area contributed by atoms with Gasteiger partial charge in [-0.15, -0.1) is 5.10 Å². The summed E-state index contributed by atoms with van der Waals surface area (Å²) in [5.41, 5.74) is 1.55. The minimum Gasteiger partial charge on any atom is -0.336 e. The standard InChI is InChI=1S/C14H14N2O4S/c1-14(2,3)10-7-9-8(13-12(10)15-16-20-13)5-4-6-11(9)21(17,18)19/h4-7H,1-3H3,(H,17,18,19). The maximum atomic E-state index is 11.6. The molecule has 0 fully saturated rings. The van der Waals surface area contributed by atoms with Crippen molar-refractivity contribution >= 4 is 32.0 Å².